The highest BCUT2D eigenvalue weighted by molar-refractivity contribution is 6.14. The highest BCUT2D eigenvalue weighted by Gasteiger charge is 2.27. The molecule has 0 saturated carbocycles. The van der Waals surface area contributed by atoms with E-state index in [0.29, 0.717) is 23.7 Å². The third-order valence-electron chi connectivity index (χ3n) is 4.91. The third-order valence-corrected chi connectivity index (χ3v) is 4.91. The van der Waals surface area contributed by atoms with E-state index in [0.717, 1.165) is 36.7 Å². The van der Waals surface area contributed by atoms with Crippen molar-refractivity contribution in [1.29, 1.82) is 0 Å². The highest BCUT2D eigenvalue weighted by atomic mass is 16.5. The van der Waals surface area contributed by atoms with Crippen LogP contribution in [0.3, 0.4) is 0 Å². The predicted molar refractivity (Wildman–Crippen MR) is 104 cm³/mol. The van der Waals surface area contributed by atoms with Gasteiger partial charge in [0.05, 0.1) is 12.7 Å². The molecule has 2 aliphatic rings. The summed E-state index contributed by atoms with van der Waals surface area (Å²) in [7, 11) is 1.62. The van der Waals surface area contributed by atoms with Crippen LogP contribution in [0.1, 0.15) is 28.8 Å². The van der Waals surface area contributed by atoms with E-state index in [1.165, 1.54) is 12.8 Å². The lowest BCUT2D eigenvalue weighted by Crippen LogP contribution is -2.25. The van der Waals surface area contributed by atoms with Gasteiger partial charge in [0.1, 0.15) is 23.9 Å². The average molecular weight is 365 g/mol. The van der Waals surface area contributed by atoms with Gasteiger partial charge in [-0.05, 0) is 61.8 Å². The van der Waals surface area contributed by atoms with E-state index in [2.05, 4.69) is 4.90 Å². The van der Waals surface area contributed by atoms with E-state index in [9.17, 15) is 4.79 Å². The summed E-state index contributed by atoms with van der Waals surface area (Å²) in [6.45, 7) is 3.88. The molecule has 0 bridgehead atoms. The van der Waals surface area contributed by atoms with Gasteiger partial charge in [-0.2, -0.15) is 0 Å². The first-order chi connectivity index (χ1) is 13.2. The number of allylic oxidation sites excluding steroid dienone is 1. The summed E-state index contributed by atoms with van der Waals surface area (Å²) in [5.41, 5.74) is 1.42. The molecule has 2 aromatic carbocycles. The molecule has 0 unspecified atom stereocenters. The molecule has 27 heavy (non-hydrogen) atoms. The molecule has 0 spiro atoms. The van der Waals surface area contributed by atoms with Gasteiger partial charge in [0, 0.05) is 12.6 Å². The zero-order chi connectivity index (χ0) is 18.6. The van der Waals surface area contributed by atoms with Crippen molar-refractivity contribution in [3.63, 3.8) is 0 Å². The van der Waals surface area contributed by atoms with Crippen LogP contribution in [-0.4, -0.2) is 44.0 Å². The highest BCUT2D eigenvalue weighted by Crippen LogP contribution is 2.35. The van der Waals surface area contributed by atoms with Crippen molar-refractivity contribution >= 4 is 11.9 Å². The van der Waals surface area contributed by atoms with Crippen molar-refractivity contribution in [3.8, 4) is 17.2 Å². The smallest absolute Gasteiger partial charge is 0.231 e. The number of carbonyl (C=O) groups excluding carboxylic acids is 1. The van der Waals surface area contributed by atoms with Gasteiger partial charge in [-0.15, -0.1) is 0 Å². The Morgan fingerprint density at radius 1 is 1.11 bits per heavy atom. The van der Waals surface area contributed by atoms with Crippen LogP contribution in [0.5, 0.6) is 17.2 Å². The normalized spacial score (nSPS) is 17.8. The van der Waals surface area contributed by atoms with Gasteiger partial charge in [-0.25, -0.2) is 0 Å². The summed E-state index contributed by atoms with van der Waals surface area (Å²) >= 11 is 0. The van der Waals surface area contributed by atoms with Crippen LogP contribution < -0.4 is 14.2 Å². The number of hydrogen-bond donors (Lipinski definition) is 0. The monoisotopic (exact) mass is 365 g/mol. The summed E-state index contributed by atoms with van der Waals surface area (Å²) in [6.07, 6.45) is 4.28. The molecule has 2 aliphatic heterocycles. The molecule has 140 valence electrons. The van der Waals surface area contributed by atoms with Crippen molar-refractivity contribution < 1.29 is 19.0 Å². The Morgan fingerprint density at radius 3 is 2.78 bits per heavy atom. The number of ketones is 1. The Hall–Kier alpha value is -2.79. The van der Waals surface area contributed by atoms with Crippen LogP contribution in [-0.2, 0) is 0 Å². The van der Waals surface area contributed by atoms with Crippen LogP contribution in [0.25, 0.3) is 6.08 Å². The van der Waals surface area contributed by atoms with Gasteiger partial charge in [0.2, 0.25) is 5.78 Å². The van der Waals surface area contributed by atoms with E-state index in [-0.39, 0.29) is 5.78 Å². The maximum atomic E-state index is 12.6. The molecule has 0 aromatic heterocycles. The Balaban J connectivity index is 1.44. The van der Waals surface area contributed by atoms with Crippen molar-refractivity contribution in [2.24, 2.45) is 0 Å². The van der Waals surface area contributed by atoms with Gasteiger partial charge in [-0.3, -0.25) is 9.69 Å². The summed E-state index contributed by atoms with van der Waals surface area (Å²) in [6, 6.07) is 12.9. The van der Waals surface area contributed by atoms with Gasteiger partial charge in [-0.1, -0.05) is 12.1 Å². The van der Waals surface area contributed by atoms with Crippen molar-refractivity contribution in [3.05, 3.63) is 59.4 Å². The number of hydrogen-bond acceptors (Lipinski definition) is 5. The zero-order valence-corrected chi connectivity index (χ0v) is 15.4. The lowest BCUT2D eigenvalue weighted by molar-refractivity contribution is 0.101. The molecule has 1 fully saturated rings. The maximum Gasteiger partial charge on any atom is 0.231 e. The minimum atomic E-state index is -0.114. The van der Waals surface area contributed by atoms with E-state index >= 15 is 0 Å². The molecule has 5 heteroatoms. The Kier molecular flexibility index (Phi) is 5.12. The molecular weight excluding hydrogens is 342 g/mol. The van der Waals surface area contributed by atoms with Crippen molar-refractivity contribution in [2.45, 2.75) is 12.8 Å². The molecule has 0 amide bonds. The first kappa shape index (κ1) is 17.6. The third kappa shape index (κ3) is 3.98. The summed E-state index contributed by atoms with van der Waals surface area (Å²) < 4.78 is 16.9. The number of Topliss-reactive ketones (excluding diaryl/α,β-unsaturated/α-hetero) is 1. The molecule has 2 heterocycles. The number of methoxy groups -OCH3 is 1. The predicted octanol–water partition coefficient (Wildman–Crippen LogP) is 3.79. The fraction of sp³-hybridized carbons (Fsp3) is 0.318. The quantitative estimate of drug-likeness (QED) is 0.729. The van der Waals surface area contributed by atoms with Gasteiger partial charge >= 0.3 is 0 Å². The van der Waals surface area contributed by atoms with E-state index in [1.807, 2.05) is 30.3 Å². The van der Waals surface area contributed by atoms with Crippen LogP contribution in [0.2, 0.25) is 0 Å². The first-order valence-corrected chi connectivity index (χ1v) is 9.30. The minimum Gasteiger partial charge on any atom is -0.497 e. The van der Waals surface area contributed by atoms with E-state index in [4.69, 9.17) is 14.2 Å². The number of ether oxygens (including phenoxy) is 3. The minimum absolute atomic E-state index is 0.114. The van der Waals surface area contributed by atoms with Gasteiger partial charge in [0.15, 0.2) is 5.76 Å². The lowest BCUT2D eigenvalue weighted by atomic mass is 10.1. The van der Waals surface area contributed by atoms with E-state index < -0.39 is 0 Å². The molecule has 1 saturated heterocycles. The number of benzene rings is 2. The van der Waals surface area contributed by atoms with Crippen LogP contribution >= 0.6 is 0 Å². The molecule has 5 nitrogen and oxygen atoms in total. The summed E-state index contributed by atoms with van der Waals surface area (Å²) in [5, 5.41) is 0. The molecule has 4 rings (SSSR count). The Morgan fingerprint density at radius 2 is 1.96 bits per heavy atom. The standard InChI is InChI=1S/C22H23NO4/c1-25-17-6-4-5-16(13-17)14-21-22(24)19-8-7-18(15-20(19)27-21)26-12-11-23-9-2-3-10-23/h4-8,13-15H,2-3,9-12H2,1H3/b21-14+. The largest absolute Gasteiger partial charge is 0.497 e. The first-order valence-electron chi connectivity index (χ1n) is 9.30. The van der Waals surface area contributed by atoms with Crippen LogP contribution in [0, 0.1) is 0 Å². The molecule has 0 radical (unpaired) electrons. The van der Waals surface area contributed by atoms with Gasteiger partial charge < -0.3 is 14.2 Å². The second-order valence-electron chi connectivity index (χ2n) is 6.77. The Bertz CT molecular complexity index is 868. The Labute approximate surface area is 159 Å². The summed E-state index contributed by atoms with van der Waals surface area (Å²) in [4.78, 5) is 15.0. The lowest BCUT2D eigenvalue weighted by Gasteiger charge is -2.15. The molecule has 2 aromatic rings. The maximum absolute atomic E-state index is 12.6. The molecule has 0 N–H and O–H groups in total. The summed E-state index contributed by atoms with van der Waals surface area (Å²) in [5.74, 6) is 2.21. The molecule has 0 atom stereocenters. The van der Waals surface area contributed by atoms with E-state index in [1.54, 1.807) is 25.3 Å². The molecule has 0 aliphatic carbocycles. The van der Waals surface area contributed by atoms with Crippen molar-refractivity contribution in [2.75, 3.05) is 33.4 Å². The van der Waals surface area contributed by atoms with Crippen LogP contribution in [0.15, 0.2) is 48.2 Å². The second kappa shape index (κ2) is 7.84. The number of fused-ring (bicyclic) bond motifs is 1. The number of nitrogens with zero attached hydrogens (tertiary/aromatic N) is 1. The number of likely N-dealkylation sites (tertiary alicyclic amines) is 1. The number of rotatable bonds is 6. The SMILES string of the molecule is COc1cccc(/C=C2/Oc3cc(OCCN4CCCC4)ccc3C2=O)c1. The second-order valence-corrected chi connectivity index (χ2v) is 6.77. The number of carbonyl (C=O) groups is 1. The fourth-order valence-electron chi connectivity index (χ4n) is 3.44. The van der Waals surface area contributed by atoms with Gasteiger partial charge in [0.25, 0.3) is 0 Å². The average Bonchev–Trinajstić information content (AvgIpc) is 3.30. The zero-order valence-electron chi connectivity index (χ0n) is 15.4. The molecular formula is C22H23NO4. The fourth-order valence-corrected chi connectivity index (χ4v) is 3.44. The van der Waals surface area contributed by atoms with Crippen LogP contribution in [0.4, 0.5) is 0 Å². The van der Waals surface area contributed by atoms with Crippen molar-refractivity contribution in [1.82, 2.24) is 4.90 Å². The topological polar surface area (TPSA) is 48.0 Å².